The average Bonchev–Trinajstić information content (AvgIpc) is 2.57. The lowest BCUT2D eigenvalue weighted by Gasteiger charge is -2.29. The molecule has 2 N–H and O–H groups in total. The van der Waals surface area contributed by atoms with E-state index in [2.05, 4.69) is 27.4 Å². The van der Waals surface area contributed by atoms with E-state index in [4.69, 9.17) is 27.9 Å². The van der Waals surface area contributed by atoms with Crippen molar-refractivity contribution in [1.82, 2.24) is 15.5 Å². The maximum Gasteiger partial charge on any atom is 0.191 e. The number of guanidine groups is 1. The molecule has 1 aliphatic rings. The van der Waals surface area contributed by atoms with Crippen LogP contribution in [-0.4, -0.2) is 57.3 Å². The third-order valence-electron chi connectivity index (χ3n) is 3.98. The second-order valence-corrected chi connectivity index (χ2v) is 6.90. The number of aliphatic imine (C=N–C) groups is 1. The van der Waals surface area contributed by atoms with E-state index < -0.39 is 0 Å². The second kappa shape index (κ2) is 12.2. The van der Waals surface area contributed by atoms with E-state index in [1.165, 1.54) is 0 Å². The molecule has 0 saturated carbocycles. The van der Waals surface area contributed by atoms with Gasteiger partial charge in [-0.2, -0.15) is 0 Å². The maximum atomic E-state index is 6.19. The van der Waals surface area contributed by atoms with Crippen molar-refractivity contribution in [3.63, 3.8) is 0 Å². The Morgan fingerprint density at radius 2 is 2.00 bits per heavy atom. The van der Waals surface area contributed by atoms with Crippen LogP contribution in [0.4, 0.5) is 0 Å². The van der Waals surface area contributed by atoms with Crippen LogP contribution in [0.1, 0.15) is 12.5 Å². The molecule has 0 spiro atoms. The summed E-state index contributed by atoms with van der Waals surface area (Å²) in [5, 5.41) is 7.95. The second-order valence-electron chi connectivity index (χ2n) is 6.06. The van der Waals surface area contributed by atoms with Crippen LogP contribution in [0.25, 0.3) is 0 Å². The molecule has 1 heterocycles. The van der Waals surface area contributed by atoms with Crippen LogP contribution < -0.4 is 10.6 Å². The Labute approximate surface area is 177 Å². The molecule has 142 valence electrons. The van der Waals surface area contributed by atoms with Crippen molar-refractivity contribution >= 4 is 53.1 Å². The van der Waals surface area contributed by atoms with Crippen molar-refractivity contribution in [3.8, 4) is 0 Å². The quantitative estimate of drug-likeness (QED) is 0.357. The van der Waals surface area contributed by atoms with Crippen molar-refractivity contribution in [2.45, 2.75) is 13.5 Å². The summed E-state index contributed by atoms with van der Waals surface area (Å²) in [6.07, 6.45) is 0. The van der Waals surface area contributed by atoms with Gasteiger partial charge >= 0.3 is 0 Å². The van der Waals surface area contributed by atoms with Crippen LogP contribution in [0.15, 0.2) is 23.2 Å². The summed E-state index contributed by atoms with van der Waals surface area (Å²) < 4.78 is 5.38. The predicted molar refractivity (Wildman–Crippen MR) is 117 cm³/mol. The largest absolute Gasteiger partial charge is 0.379 e. The van der Waals surface area contributed by atoms with Crippen LogP contribution in [0.2, 0.25) is 10.0 Å². The van der Waals surface area contributed by atoms with Gasteiger partial charge in [-0.15, -0.1) is 24.0 Å². The lowest BCUT2D eigenvalue weighted by molar-refractivity contribution is 0.0320. The first-order valence-corrected chi connectivity index (χ1v) is 9.02. The molecule has 1 aromatic rings. The van der Waals surface area contributed by atoms with Gasteiger partial charge in [0.2, 0.25) is 0 Å². The predicted octanol–water partition coefficient (Wildman–Crippen LogP) is 3.24. The molecule has 25 heavy (non-hydrogen) atoms. The molecular weight excluding hydrogens is 474 g/mol. The molecular formula is C17H27Cl2IN4O. The van der Waals surface area contributed by atoms with E-state index in [0.717, 1.165) is 50.9 Å². The third kappa shape index (κ3) is 8.30. The Bertz CT molecular complexity index is 553. The highest BCUT2D eigenvalue weighted by atomic mass is 127. The van der Waals surface area contributed by atoms with Gasteiger partial charge in [-0.05, 0) is 23.6 Å². The van der Waals surface area contributed by atoms with Crippen molar-refractivity contribution in [3.05, 3.63) is 33.8 Å². The van der Waals surface area contributed by atoms with Gasteiger partial charge in [-0.3, -0.25) is 9.89 Å². The number of benzene rings is 1. The fourth-order valence-electron chi connectivity index (χ4n) is 2.62. The van der Waals surface area contributed by atoms with Crippen LogP contribution in [0.5, 0.6) is 0 Å². The first-order valence-electron chi connectivity index (χ1n) is 8.27. The molecule has 1 fully saturated rings. The lowest BCUT2D eigenvalue weighted by Crippen LogP contribution is -2.43. The molecule has 1 aliphatic heterocycles. The van der Waals surface area contributed by atoms with Crippen LogP contribution in [0, 0.1) is 5.92 Å². The minimum Gasteiger partial charge on any atom is -0.379 e. The third-order valence-corrected chi connectivity index (χ3v) is 4.56. The zero-order valence-corrected chi connectivity index (χ0v) is 18.6. The normalized spacial score (nSPS) is 16.9. The SMILES string of the molecule is CN=C(NCc1ccc(Cl)cc1Cl)NCC(C)CN1CCOCC1.I. The zero-order chi connectivity index (χ0) is 17.4. The van der Waals surface area contributed by atoms with Crippen molar-refractivity contribution in [1.29, 1.82) is 0 Å². The topological polar surface area (TPSA) is 48.9 Å². The first kappa shape index (κ1) is 22.8. The molecule has 5 nitrogen and oxygen atoms in total. The number of hydrogen-bond acceptors (Lipinski definition) is 3. The van der Waals surface area contributed by atoms with E-state index in [-0.39, 0.29) is 24.0 Å². The summed E-state index contributed by atoms with van der Waals surface area (Å²) >= 11 is 12.1. The number of morpholine rings is 1. The monoisotopic (exact) mass is 500 g/mol. The Balaban J connectivity index is 0.00000312. The minimum atomic E-state index is 0. The molecule has 1 aromatic carbocycles. The molecule has 1 atom stereocenters. The maximum absolute atomic E-state index is 6.19. The summed E-state index contributed by atoms with van der Waals surface area (Å²) in [6, 6.07) is 5.51. The zero-order valence-electron chi connectivity index (χ0n) is 14.7. The van der Waals surface area contributed by atoms with E-state index in [9.17, 15) is 0 Å². The van der Waals surface area contributed by atoms with Crippen molar-refractivity contribution < 1.29 is 4.74 Å². The molecule has 0 bridgehead atoms. The summed E-state index contributed by atoms with van der Waals surface area (Å²) in [6.45, 7) is 8.50. The van der Waals surface area contributed by atoms with Gasteiger partial charge in [0.1, 0.15) is 0 Å². The minimum absolute atomic E-state index is 0. The van der Waals surface area contributed by atoms with Crippen molar-refractivity contribution in [2.75, 3.05) is 46.4 Å². The van der Waals surface area contributed by atoms with Gasteiger partial charge in [0.05, 0.1) is 13.2 Å². The Hall–Kier alpha value is -0.280. The van der Waals surface area contributed by atoms with Crippen LogP contribution in [0.3, 0.4) is 0 Å². The molecule has 0 amide bonds. The van der Waals surface area contributed by atoms with Gasteiger partial charge in [0.15, 0.2) is 5.96 Å². The molecule has 1 unspecified atom stereocenters. The fourth-order valence-corrected chi connectivity index (χ4v) is 3.10. The molecule has 8 heteroatoms. The highest BCUT2D eigenvalue weighted by Gasteiger charge is 2.14. The number of rotatable bonds is 6. The van der Waals surface area contributed by atoms with E-state index >= 15 is 0 Å². The summed E-state index contributed by atoms with van der Waals surface area (Å²) in [7, 11) is 1.77. The summed E-state index contributed by atoms with van der Waals surface area (Å²) in [5.41, 5.74) is 0.991. The van der Waals surface area contributed by atoms with Crippen LogP contribution in [-0.2, 0) is 11.3 Å². The van der Waals surface area contributed by atoms with E-state index in [1.807, 2.05) is 12.1 Å². The van der Waals surface area contributed by atoms with Gasteiger partial charge < -0.3 is 15.4 Å². The summed E-state index contributed by atoms with van der Waals surface area (Å²) in [4.78, 5) is 6.70. The fraction of sp³-hybridized carbons (Fsp3) is 0.588. The van der Waals surface area contributed by atoms with Gasteiger partial charge in [0.25, 0.3) is 0 Å². The average molecular weight is 501 g/mol. The van der Waals surface area contributed by atoms with Crippen molar-refractivity contribution in [2.24, 2.45) is 10.9 Å². The van der Waals surface area contributed by atoms with Gasteiger partial charge in [0, 0.05) is 49.8 Å². The van der Waals surface area contributed by atoms with Gasteiger partial charge in [-0.25, -0.2) is 0 Å². The molecule has 1 saturated heterocycles. The van der Waals surface area contributed by atoms with Crippen LogP contribution >= 0.6 is 47.2 Å². The Kier molecular flexibility index (Phi) is 11.1. The highest BCUT2D eigenvalue weighted by molar-refractivity contribution is 14.0. The molecule has 0 aromatic heterocycles. The Morgan fingerprint density at radius 3 is 2.64 bits per heavy atom. The lowest BCUT2D eigenvalue weighted by atomic mass is 10.1. The number of halogens is 3. The Morgan fingerprint density at radius 1 is 1.28 bits per heavy atom. The smallest absolute Gasteiger partial charge is 0.191 e. The number of hydrogen-bond donors (Lipinski definition) is 2. The number of nitrogens with zero attached hydrogens (tertiary/aromatic N) is 2. The highest BCUT2D eigenvalue weighted by Crippen LogP contribution is 2.20. The molecule has 2 rings (SSSR count). The number of ether oxygens (including phenoxy) is 1. The summed E-state index contributed by atoms with van der Waals surface area (Å²) in [5.74, 6) is 1.30. The molecule has 0 aliphatic carbocycles. The first-order chi connectivity index (χ1) is 11.6. The molecule has 0 radical (unpaired) electrons. The van der Waals surface area contributed by atoms with E-state index in [0.29, 0.717) is 22.5 Å². The van der Waals surface area contributed by atoms with Gasteiger partial charge in [-0.1, -0.05) is 36.2 Å². The van der Waals surface area contributed by atoms with E-state index in [1.54, 1.807) is 13.1 Å². The standard InChI is InChI=1S/C17H26Cl2N4O.HI/c1-13(12-23-5-7-24-8-6-23)10-21-17(20-2)22-11-14-3-4-15(18)9-16(14)19;/h3-4,9,13H,5-8,10-12H2,1-2H3,(H2,20,21,22);1H. The number of nitrogens with one attached hydrogen (secondary N) is 2.